The van der Waals surface area contributed by atoms with Gasteiger partial charge >= 0.3 is 0 Å². The van der Waals surface area contributed by atoms with Gasteiger partial charge in [0.05, 0.1) is 15.7 Å². The third-order valence-electron chi connectivity index (χ3n) is 3.65. The van der Waals surface area contributed by atoms with Gasteiger partial charge in [-0.2, -0.15) is 0 Å². The fourth-order valence-corrected chi connectivity index (χ4v) is 4.05. The van der Waals surface area contributed by atoms with Crippen LogP contribution in [0, 0.1) is 0 Å². The minimum Gasteiger partial charge on any atom is -0.457 e. The van der Waals surface area contributed by atoms with E-state index in [1.807, 2.05) is 0 Å². The zero-order valence-electron chi connectivity index (χ0n) is 14.8. The lowest BCUT2D eigenvalue weighted by Crippen LogP contribution is -2.33. The minimum absolute atomic E-state index is 0.0180. The van der Waals surface area contributed by atoms with E-state index in [4.69, 9.17) is 74.6 Å². The molecule has 30 heavy (non-hydrogen) atoms. The highest BCUT2D eigenvalue weighted by atomic mass is 35.5. The van der Waals surface area contributed by atoms with Crippen LogP contribution in [0.5, 0.6) is 0 Å². The zero-order valence-corrected chi connectivity index (χ0v) is 19.4. The predicted molar refractivity (Wildman–Crippen MR) is 129 cm³/mol. The number of benzene rings is 2. The molecule has 0 unspecified atom stereocenters. The molecule has 0 saturated carbocycles. The summed E-state index contributed by atoms with van der Waals surface area (Å²) in [6.45, 7) is 0. The molecule has 0 fully saturated rings. The largest absolute Gasteiger partial charge is 0.457 e. The summed E-state index contributed by atoms with van der Waals surface area (Å²) in [4.78, 5) is 12.1. The third kappa shape index (κ3) is 6.14. The maximum atomic E-state index is 12.1. The SMILES string of the molecule is O=C(/C=C/c1ccc(-c2cc(Cl)cc(Cl)c2)o1)NC(=S)Nc1c(Cl)cc(Cl)cc1Cl. The van der Waals surface area contributed by atoms with E-state index in [9.17, 15) is 4.79 Å². The number of hydrogen-bond donors (Lipinski definition) is 2. The molecule has 0 radical (unpaired) electrons. The lowest BCUT2D eigenvalue weighted by Gasteiger charge is -2.11. The summed E-state index contributed by atoms with van der Waals surface area (Å²) < 4.78 is 5.69. The number of thiocarbonyl (C=S) groups is 1. The number of rotatable bonds is 4. The topological polar surface area (TPSA) is 54.3 Å². The highest BCUT2D eigenvalue weighted by Crippen LogP contribution is 2.33. The fraction of sp³-hybridized carbons (Fsp3) is 0. The van der Waals surface area contributed by atoms with Gasteiger partial charge in [0.25, 0.3) is 0 Å². The van der Waals surface area contributed by atoms with Crippen LogP contribution in [0.4, 0.5) is 5.69 Å². The summed E-state index contributed by atoms with van der Waals surface area (Å²) in [6, 6.07) is 11.5. The number of hydrogen-bond acceptors (Lipinski definition) is 3. The van der Waals surface area contributed by atoms with Gasteiger partial charge in [0, 0.05) is 26.7 Å². The summed E-state index contributed by atoms with van der Waals surface area (Å²) in [6.07, 6.45) is 2.77. The molecular weight excluding hydrogens is 510 g/mol. The Kier molecular flexibility index (Phi) is 7.69. The Hall–Kier alpha value is -1.73. The molecule has 1 amide bonds. The molecule has 1 heterocycles. The van der Waals surface area contributed by atoms with E-state index in [0.29, 0.717) is 32.3 Å². The number of carbonyl (C=O) groups excluding carboxylic acids is 1. The Morgan fingerprint density at radius 1 is 0.900 bits per heavy atom. The summed E-state index contributed by atoms with van der Waals surface area (Å²) in [5.74, 6) is 0.542. The van der Waals surface area contributed by atoms with Crippen LogP contribution in [-0.2, 0) is 4.79 Å². The lowest BCUT2D eigenvalue weighted by atomic mass is 10.2. The maximum Gasteiger partial charge on any atom is 0.250 e. The van der Waals surface area contributed by atoms with Crippen molar-refractivity contribution in [3.05, 3.63) is 79.4 Å². The minimum atomic E-state index is -0.475. The van der Waals surface area contributed by atoms with E-state index < -0.39 is 5.91 Å². The van der Waals surface area contributed by atoms with Crippen molar-refractivity contribution in [1.82, 2.24) is 5.32 Å². The second-order valence-electron chi connectivity index (χ2n) is 5.88. The van der Waals surface area contributed by atoms with Crippen molar-refractivity contribution in [3.63, 3.8) is 0 Å². The van der Waals surface area contributed by atoms with Crippen LogP contribution in [0.3, 0.4) is 0 Å². The molecule has 0 aliphatic rings. The molecule has 2 N–H and O–H groups in total. The zero-order chi connectivity index (χ0) is 21.8. The van der Waals surface area contributed by atoms with Crippen molar-refractivity contribution in [1.29, 1.82) is 0 Å². The van der Waals surface area contributed by atoms with Gasteiger partial charge in [0.2, 0.25) is 5.91 Å². The molecule has 10 heteroatoms. The number of anilines is 1. The van der Waals surface area contributed by atoms with E-state index in [-0.39, 0.29) is 15.2 Å². The molecule has 3 aromatic rings. The Bertz CT molecular complexity index is 1120. The van der Waals surface area contributed by atoms with Gasteiger partial charge in [-0.3, -0.25) is 10.1 Å². The van der Waals surface area contributed by atoms with E-state index in [1.54, 1.807) is 30.3 Å². The van der Waals surface area contributed by atoms with Gasteiger partial charge < -0.3 is 9.73 Å². The van der Waals surface area contributed by atoms with Crippen molar-refractivity contribution < 1.29 is 9.21 Å². The van der Waals surface area contributed by atoms with E-state index in [1.165, 1.54) is 24.3 Å². The molecule has 1 aromatic heterocycles. The molecule has 0 aliphatic heterocycles. The standard InChI is InChI=1S/C20H11Cl5N2O2S/c21-11-5-10(6-12(22)7-11)17-3-1-14(29-17)2-4-18(28)26-20(30)27-19-15(24)8-13(23)9-16(19)25/h1-9H,(H2,26,27,28,30)/b4-2+. The van der Waals surface area contributed by atoms with E-state index in [2.05, 4.69) is 10.6 Å². The Morgan fingerprint density at radius 3 is 2.13 bits per heavy atom. The molecule has 0 bridgehead atoms. The number of furan rings is 1. The highest BCUT2D eigenvalue weighted by molar-refractivity contribution is 7.80. The van der Waals surface area contributed by atoms with E-state index in [0.717, 1.165) is 5.56 Å². The fourth-order valence-electron chi connectivity index (χ4n) is 2.41. The van der Waals surface area contributed by atoms with Crippen molar-refractivity contribution in [2.24, 2.45) is 0 Å². The number of amides is 1. The first-order valence-electron chi connectivity index (χ1n) is 8.22. The lowest BCUT2D eigenvalue weighted by molar-refractivity contribution is -0.115. The molecule has 2 aromatic carbocycles. The third-order valence-corrected chi connectivity index (χ3v) is 5.11. The molecule has 154 valence electrons. The smallest absolute Gasteiger partial charge is 0.250 e. The number of halogens is 5. The van der Waals surface area contributed by atoms with Gasteiger partial charge in [-0.1, -0.05) is 58.0 Å². The van der Waals surface area contributed by atoms with Gasteiger partial charge in [0.15, 0.2) is 5.11 Å². The molecule has 0 spiro atoms. The first-order valence-corrected chi connectivity index (χ1v) is 10.5. The molecule has 4 nitrogen and oxygen atoms in total. The van der Waals surface area contributed by atoms with Crippen LogP contribution >= 0.6 is 70.2 Å². The predicted octanol–water partition coefficient (Wildman–Crippen LogP) is 7.74. The summed E-state index contributed by atoms with van der Waals surface area (Å²) in [5.41, 5.74) is 1.06. The Labute approximate surface area is 202 Å². The molecule has 3 rings (SSSR count). The average molecular weight is 521 g/mol. The van der Waals surface area contributed by atoms with Crippen LogP contribution in [0.15, 0.2) is 53.0 Å². The molecular formula is C20H11Cl5N2O2S. The molecule has 0 saturated heterocycles. The van der Waals surface area contributed by atoms with Gasteiger partial charge in [0.1, 0.15) is 11.5 Å². The first-order chi connectivity index (χ1) is 14.2. The second-order valence-corrected chi connectivity index (χ2v) is 8.41. The number of carbonyl (C=O) groups is 1. The molecule has 0 aliphatic carbocycles. The van der Waals surface area contributed by atoms with Crippen LogP contribution in [-0.4, -0.2) is 11.0 Å². The Morgan fingerprint density at radius 2 is 1.50 bits per heavy atom. The summed E-state index contributed by atoms with van der Waals surface area (Å²) in [7, 11) is 0. The normalized spacial score (nSPS) is 11.0. The quantitative estimate of drug-likeness (QED) is 0.273. The monoisotopic (exact) mass is 518 g/mol. The van der Waals surface area contributed by atoms with Crippen LogP contribution in [0.2, 0.25) is 25.1 Å². The molecule has 0 atom stereocenters. The van der Waals surface area contributed by atoms with Crippen molar-refractivity contribution in [2.75, 3.05) is 5.32 Å². The summed E-state index contributed by atoms with van der Waals surface area (Å²) >= 11 is 35.2. The van der Waals surface area contributed by atoms with Crippen LogP contribution < -0.4 is 10.6 Å². The van der Waals surface area contributed by atoms with Crippen LogP contribution in [0.25, 0.3) is 17.4 Å². The second kappa shape index (κ2) is 10.1. The van der Waals surface area contributed by atoms with Crippen molar-refractivity contribution >= 4 is 93.0 Å². The Balaban J connectivity index is 1.62. The van der Waals surface area contributed by atoms with Gasteiger partial charge in [-0.25, -0.2) is 0 Å². The number of nitrogens with one attached hydrogen (secondary N) is 2. The van der Waals surface area contributed by atoms with Crippen LogP contribution in [0.1, 0.15) is 5.76 Å². The summed E-state index contributed by atoms with van der Waals surface area (Å²) in [5, 5.41) is 7.17. The highest BCUT2D eigenvalue weighted by Gasteiger charge is 2.11. The van der Waals surface area contributed by atoms with E-state index >= 15 is 0 Å². The maximum absolute atomic E-state index is 12.1. The van der Waals surface area contributed by atoms with Crippen molar-refractivity contribution in [2.45, 2.75) is 0 Å². The van der Waals surface area contributed by atoms with Gasteiger partial charge in [-0.05, 0) is 60.8 Å². The van der Waals surface area contributed by atoms with Gasteiger partial charge in [-0.15, -0.1) is 0 Å². The average Bonchev–Trinajstić information content (AvgIpc) is 3.11. The first kappa shape index (κ1) is 22.9. The van der Waals surface area contributed by atoms with Crippen molar-refractivity contribution in [3.8, 4) is 11.3 Å².